The fourth-order valence-electron chi connectivity index (χ4n) is 1.76. The summed E-state index contributed by atoms with van der Waals surface area (Å²) in [4.78, 5) is 25.8. The molecule has 0 aliphatic heterocycles. The van der Waals surface area contributed by atoms with Crippen LogP contribution in [0.25, 0.3) is 11.0 Å². The Balaban J connectivity index is 2.10. The number of nitrogens with zero attached hydrogens (tertiary/aromatic N) is 1. The van der Waals surface area contributed by atoms with Gasteiger partial charge in [0.2, 0.25) is 5.91 Å². The Morgan fingerprint density at radius 3 is 2.94 bits per heavy atom. The van der Waals surface area contributed by atoms with Gasteiger partial charge in [-0.05, 0) is 19.1 Å². The number of alkyl halides is 1. The lowest BCUT2D eigenvalue weighted by Crippen LogP contribution is -2.33. The van der Waals surface area contributed by atoms with Gasteiger partial charge >= 0.3 is 5.69 Å². The molecule has 1 aromatic carbocycles. The molecule has 0 saturated carbocycles. The number of rotatable bonds is 4. The fraction of sp³-hybridized carbons (Fsp3) is 0.333. The Kier molecular flexibility index (Phi) is 3.72. The van der Waals surface area contributed by atoms with Crippen LogP contribution in [0, 0.1) is 0 Å². The molecule has 0 saturated heterocycles. The van der Waals surface area contributed by atoms with Gasteiger partial charge < -0.3 is 10.3 Å². The predicted molar refractivity (Wildman–Crippen MR) is 70.9 cm³/mol. The molecule has 0 bridgehead atoms. The zero-order valence-corrected chi connectivity index (χ0v) is 10.7. The first-order valence-electron chi connectivity index (χ1n) is 5.69. The van der Waals surface area contributed by atoms with Gasteiger partial charge in [-0.25, -0.2) is 4.79 Å². The van der Waals surface area contributed by atoms with Crippen LogP contribution in [0.1, 0.15) is 6.92 Å². The molecule has 5 nitrogen and oxygen atoms in total. The molecule has 0 aliphatic carbocycles. The molecule has 2 N–H and O–H groups in total. The van der Waals surface area contributed by atoms with E-state index in [9.17, 15) is 9.59 Å². The highest BCUT2D eigenvalue weighted by atomic mass is 35.5. The molecule has 1 atom stereocenters. The first-order chi connectivity index (χ1) is 8.59. The van der Waals surface area contributed by atoms with Crippen LogP contribution in [0.4, 0.5) is 0 Å². The van der Waals surface area contributed by atoms with Crippen molar-refractivity contribution < 1.29 is 4.79 Å². The first-order valence-corrected chi connectivity index (χ1v) is 6.12. The molecular formula is C12H14ClN3O2. The Labute approximate surface area is 109 Å². The van der Waals surface area contributed by atoms with Crippen LogP contribution < -0.4 is 11.0 Å². The van der Waals surface area contributed by atoms with E-state index in [-0.39, 0.29) is 11.6 Å². The van der Waals surface area contributed by atoms with Gasteiger partial charge in [-0.2, -0.15) is 0 Å². The van der Waals surface area contributed by atoms with Crippen molar-refractivity contribution in [2.75, 3.05) is 6.54 Å². The molecule has 6 heteroatoms. The number of benzene rings is 1. The number of aromatic nitrogens is 2. The first kappa shape index (κ1) is 12.7. The van der Waals surface area contributed by atoms with E-state index in [0.717, 1.165) is 11.0 Å². The third kappa shape index (κ3) is 2.56. The number of aromatic amines is 1. The molecule has 0 spiro atoms. The Hall–Kier alpha value is -1.75. The zero-order valence-electron chi connectivity index (χ0n) is 9.94. The Bertz CT molecular complexity index is 615. The van der Waals surface area contributed by atoms with Crippen molar-refractivity contribution in [2.45, 2.75) is 18.8 Å². The molecule has 1 amide bonds. The number of carbonyl (C=O) groups is 1. The molecule has 0 fully saturated rings. The average molecular weight is 268 g/mol. The van der Waals surface area contributed by atoms with E-state index in [2.05, 4.69) is 10.3 Å². The molecule has 2 rings (SSSR count). The molecule has 1 unspecified atom stereocenters. The number of fused-ring (bicyclic) bond motifs is 1. The van der Waals surface area contributed by atoms with E-state index in [1.54, 1.807) is 11.5 Å². The summed E-state index contributed by atoms with van der Waals surface area (Å²) in [6.07, 6.45) is 0. The van der Waals surface area contributed by atoms with Gasteiger partial charge in [0.15, 0.2) is 0 Å². The van der Waals surface area contributed by atoms with Gasteiger partial charge in [0.25, 0.3) is 0 Å². The van der Waals surface area contributed by atoms with Crippen molar-refractivity contribution in [3.8, 4) is 0 Å². The van der Waals surface area contributed by atoms with Gasteiger partial charge in [0.05, 0.1) is 11.0 Å². The number of para-hydroxylation sites is 2. The second kappa shape index (κ2) is 5.27. The highest BCUT2D eigenvalue weighted by Gasteiger charge is 2.09. The number of halogens is 1. The van der Waals surface area contributed by atoms with E-state index in [1.165, 1.54) is 0 Å². The summed E-state index contributed by atoms with van der Waals surface area (Å²) in [5, 5.41) is 2.10. The maximum absolute atomic E-state index is 11.7. The lowest BCUT2D eigenvalue weighted by Gasteiger charge is -2.07. The summed E-state index contributed by atoms with van der Waals surface area (Å²) in [6, 6.07) is 7.43. The second-order valence-corrected chi connectivity index (χ2v) is 4.66. The molecular weight excluding hydrogens is 254 g/mol. The number of carbonyl (C=O) groups excluding carboxylic acids is 1. The van der Waals surface area contributed by atoms with Gasteiger partial charge in [-0.15, -0.1) is 11.6 Å². The minimum Gasteiger partial charge on any atom is -0.353 e. The van der Waals surface area contributed by atoms with Crippen molar-refractivity contribution in [1.82, 2.24) is 14.9 Å². The predicted octanol–water partition coefficient (Wildman–Crippen LogP) is 1.07. The third-order valence-corrected chi connectivity index (χ3v) is 2.88. The van der Waals surface area contributed by atoms with Gasteiger partial charge in [0.1, 0.15) is 5.38 Å². The SMILES string of the molecule is CC(Cl)C(=O)NCCn1c(=O)[nH]c2ccccc21. The van der Waals surface area contributed by atoms with Gasteiger partial charge in [-0.3, -0.25) is 9.36 Å². The summed E-state index contributed by atoms with van der Waals surface area (Å²) >= 11 is 5.63. The summed E-state index contributed by atoms with van der Waals surface area (Å²) < 4.78 is 1.59. The largest absolute Gasteiger partial charge is 0.353 e. The minimum atomic E-state index is -0.565. The van der Waals surface area contributed by atoms with Crippen molar-refractivity contribution in [1.29, 1.82) is 0 Å². The second-order valence-electron chi connectivity index (χ2n) is 4.01. The van der Waals surface area contributed by atoms with E-state index in [4.69, 9.17) is 11.6 Å². The van der Waals surface area contributed by atoms with E-state index >= 15 is 0 Å². The van der Waals surface area contributed by atoms with E-state index < -0.39 is 5.38 Å². The quantitative estimate of drug-likeness (QED) is 0.814. The summed E-state index contributed by atoms with van der Waals surface area (Å²) in [7, 11) is 0. The number of hydrogen-bond acceptors (Lipinski definition) is 2. The Morgan fingerprint density at radius 1 is 1.50 bits per heavy atom. The van der Waals surface area contributed by atoms with E-state index in [0.29, 0.717) is 13.1 Å². The zero-order chi connectivity index (χ0) is 13.1. The number of imidazole rings is 1. The lowest BCUT2D eigenvalue weighted by molar-refractivity contribution is -0.120. The molecule has 0 aliphatic rings. The minimum absolute atomic E-state index is 0.177. The topological polar surface area (TPSA) is 66.9 Å². The van der Waals surface area contributed by atoms with E-state index in [1.807, 2.05) is 24.3 Å². The monoisotopic (exact) mass is 267 g/mol. The van der Waals surface area contributed by atoms with Crippen molar-refractivity contribution in [3.63, 3.8) is 0 Å². The van der Waals surface area contributed by atoms with Crippen molar-refractivity contribution in [3.05, 3.63) is 34.7 Å². The maximum atomic E-state index is 11.7. The summed E-state index contributed by atoms with van der Waals surface area (Å²) in [5.41, 5.74) is 1.44. The van der Waals surface area contributed by atoms with Crippen molar-refractivity contribution >= 4 is 28.5 Å². The molecule has 96 valence electrons. The lowest BCUT2D eigenvalue weighted by atomic mass is 10.3. The third-order valence-electron chi connectivity index (χ3n) is 2.68. The van der Waals surface area contributed by atoms with Crippen LogP contribution in [0.15, 0.2) is 29.1 Å². The van der Waals surface area contributed by atoms with Crippen molar-refractivity contribution in [2.24, 2.45) is 0 Å². The normalized spacial score (nSPS) is 12.6. The molecule has 2 aromatic rings. The number of H-pyrrole nitrogens is 1. The summed E-state index contributed by atoms with van der Waals surface area (Å²) in [6.45, 7) is 2.39. The average Bonchev–Trinajstić information content (AvgIpc) is 2.65. The Morgan fingerprint density at radius 2 is 2.22 bits per heavy atom. The van der Waals surface area contributed by atoms with Crippen LogP contribution in [0.5, 0.6) is 0 Å². The molecule has 18 heavy (non-hydrogen) atoms. The standard InChI is InChI=1S/C12H14ClN3O2/c1-8(13)11(17)14-6-7-16-10-5-3-2-4-9(10)15-12(16)18/h2-5,8H,6-7H2,1H3,(H,14,17)(H,15,18). The van der Waals surface area contributed by atoms with Gasteiger partial charge in [-0.1, -0.05) is 12.1 Å². The van der Waals surface area contributed by atoms with Gasteiger partial charge in [0, 0.05) is 13.1 Å². The molecule has 1 aromatic heterocycles. The highest BCUT2D eigenvalue weighted by Crippen LogP contribution is 2.08. The maximum Gasteiger partial charge on any atom is 0.326 e. The number of nitrogens with one attached hydrogen (secondary N) is 2. The van der Waals surface area contributed by atoms with Crippen LogP contribution in [-0.2, 0) is 11.3 Å². The number of hydrogen-bond donors (Lipinski definition) is 2. The van der Waals surface area contributed by atoms with Crippen LogP contribution in [-0.4, -0.2) is 27.4 Å². The fourth-order valence-corrected chi connectivity index (χ4v) is 1.84. The molecule has 0 radical (unpaired) electrons. The highest BCUT2D eigenvalue weighted by molar-refractivity contribution is 6.30. The van der Waals surface area contributed by atoms with Crippen LogP contribution in [0.3, 0.4) is 0 Å². The van der Waals surface area contributed by atoms with Crippen LogP contribution >= 0.6 is 11.6 Å². The van der Waals surface area contributed by atoms with Crippen LogP contribution in [0.2, 0.25) is 0 Å². The smallest absolute Gasteiger partial charge is 0.326 e. The summed E-state index contributed by atoms with van der Waals surface area (Å²) in [5.74, 6) is -0.232. The molecule has 1 heterocycles. The number of amides is 1.